The van der Waals surface area contributed by atoms with E-state index in [2.05, 4.69) is 0 Å². The number of nitrogens with zero attached hydrogens (tertiary/aromatic N) is 1. The number of carbonyl (C=O) groups excluding carboxylic acids is 2. The number of ether oxygens (including phenoxy) is 1. The van der Waals surface area contributed by atoms with Crippen molar-refractivity contribution in [2.75, 3.05) is 13.2 Å². The van der Waals surface area contributed by atoms with E-state index < -0.39 is 5.97 Å². The third-order valence-corrected chi connectivity index (χ3v) is 4.91. The molecule has 0 bridgehead atoms. The van der Waals surface area contributed by atoms with Gasteiger partial charge >= 0.3 is 5.97 Å². The third kappa shape index (κ3) is 4.76. The normalized spacial score (nSPS) is 13.0. The van der Waals surface area contributed by atoms with Gasteiger partial charge in [-0.25, -0.2) is 4.79 Å². The molecule has 6 nitrogen and oxygen atoms in total. The monoisotopic (exact) mass is 381 g/mol. The number of Topliss-reactive ketones (excluding diaryl/α,β-unsaturated/α-hetero) is 1. The number of aromatic carboxylic acids is 1. The molecule has 0 aromatic heterocycles. The first-order valence-electron chi connectivity index (χ1n) is 9.27. The predicted octanol–water partition coefficient (Wildman–Crippen LogP) is 2.87. The summed E-state index contributed by atoms with van der Waals surface area (Å²) < 4.78 is 5.59. The molecule has 146 valence electrons. The number of ketones is 1. The number of carboxylic acids is 1. The molecule has 0 unspecified atom stereocenters. The maximum Gasteiger partial charge on any atom is 0.336 e. The van der Waals surface area contributed by atoms with Crippen LogP contribution in [0.25, 0.3) is 0 Å². The Balaban J connectivity index is 1.57. The first kappa shape index (κ1) is 19.6. The molecule has 2 aromatic rings. The standard InChI is InChI=1S/C22H23NO5/c1-15(24)5-6-16-7-9-18(10-8-16)28-14-21(25)23-12-11-17-3-2-4-19(22(26)27)20(17)13-23/h2-4,7-10H,5-6,11-14H2,1H3,(H,26,27). The first-order chi connectivity index (χ1) is 13.4. The Bertz CT molecular complexity index is 888. The van der Waals surface area contributed by atoms with Gasteiger partial charge in [0.25, 0.3) is 5.91 Å². The lowest BCUT2D eigenvalue weighted by molar-refractivity contribution is -0.134. The second-order valence-electron chi connectivity index (χ2n) is 6.95. The number of carbonyl (C=O) groups is 3. The molecule has 0 saturated carbocycles. The molecule has 2 aromatic carbocycles. The van der Waals surface area contributed by atoms with Crippen molar-refractivity contribution in [2.45, 2.75) is 32.7 Å². The number of amides is 1. The molecule has 1 aliphatic heterocycles. The molecule has 0 saturated heterocycles. The quantitative estimate of drug-likeness (QED) is 0.797. The second kappa shape index (κ2) is 8.69. The molecule has 1 N–H and O–H groups in total. The van der Waals surface area contributed by atoms with E-state index in [1.54, 1.807) is 36.1 Å². The van der Waals surface area contributed by atoms with Gasteiger partial charge in [-0.1, -0.05) is 24.3 Å². The molecule has 1 amide bonds. The van der Waals surface area contributed by atoms with E-state index in [0.717, 1.165) is 11.1 Å². The molecule has 0 spiro atoms. The van der Waals surface area contributed by atoms with Crippen LogP contribution in [-0.2, 0) is 29.0 Å². The summed E-state index contributed by atoms with van der Waals surface area (Å²) in [6.07, 6.45) is 1.83. The molecule has 0 atom stereocenters. The van der Waals surface area contributed by atoms with Crippen molar-refractivity contribution >= 4 is 17.7 Å². The van der Waals surface area contributed by atoms with E-state index in [1.165, 1.54) is 0 Å². The Labute approximate surface area is 163 Å². The summed E-state index contributed by atoms with van der Waals surface area (Å²) in [7, 11) is 0. The fraction of sp³-hybridized carbons (Fsp3) is 0.318. The van der Waals surface area contributed by atoms with Gasteiger partial charge in [0.1, 0.15) is 11.5 Å². The summed E-state index contributed by atoms with van der Waals surface area (Å²) in [6, 6.07) is 12.6. The maximum absolute atomic E-state index is 12.5. The van der Waals surface area contributed by atoms with Crippen molar-refractivity contribution in [3.63, 3.8) is 0 Å². The number of fused-ring (bicyclic) bond motifs is 1. The number of aryl methyl sites for hydroxylation is 1. The van der Waals surface area contributed by atoms with E-state index in [1.807, 2.05) is 18.2 Å². The third-order valence-electron chi connectivity index (χ3n) is 4.91. The topological polar surface area (TPSA) is 83.9 Å². The van der Waals surface area contributed by atoms with Crippen LogP contribution in [0, 0.1) is 0 Å². The van der Waals surface area contributed by atoms with Gasteiger partial charge in [-0.2, -0.15) is 0 Å². The fourth-order valence-corrected chi connectivity index (χ4v) is 3.30. The lowest BCUT2D eigenvalue weighted by Gasteiger charge is -2.29. The van der Waals surface area contributed by atoms with Crippen molar-refractivity contribution < 1.29 is 24.2 Å². The minimum atomic E-state index is -0.979. The molecular formula is C22H23NO5. The van der Waals surface area contributed by atoms with Gasteiger partial charge in [-0.15, -0.1) is 0 Å². The number of hydrogen-bond acceptors (Lipinski definition) is 4. The molecule has 28 heavy (non-hydrogen) atoms. The Hall–Kier alpha value is -3.15. The van der Waals surface area contributed by atoms with Crippen LogP contribution in [0.3, 0.4) is 0 Å². The van der Waals surface area contributed by atoms with Gasteiger partial charge in [-0.05, 0) is 54.7 Å². The zero-order chi connectivity index (χ0) is 20.1. The Morgan fingerprint density at radius 2 is 1.86 bits per heavy atom. The van der Waals surface area contributed by atoms with Gasteiger partial charge in [0.15, 0.2) is 6.61 Å². The lowest BCUT2D eigenvalue weighted by Crippen LogP contribution is -2.39. The summed E-state index contributed by atoms with van der Waals surface area (Å²) in [5.74, 6) is -0.414. The van der Waals surface area contributed by atoms with E-state index in [9.17, 15) is 19.5 Å². The summed E-state index contributed by atoms with van der Waals surface area (Å²) in [4.78, 5) is 36.6. The van der Waals surface area contributed by atoms with Gasteiger partial charge < -0.3 is 19.5 Å². The smallest absolute Gasteiger partial charge is 0.336 e. The minimum absolute atomic E-state index is 0.0998. The van der Waals surface area contributed by atoms with Crippen LogP contribution < -0.4 is 4.74 Å². The van der Waals surface area contributed by atoms with Crippen LogP contribution in [-0.4, -0.2) is 40.8 Å². The fourth-order valence-electron chi connectivity index (χ4n) is 3.30. The Kier molecular flexibility index (Phi) is 6.09. The highest BCUT2D eigenvalue weighted by Gasteiger charge is 2.24. The molecule has 3 rings (SSSR count). The average molecular weight is 381 g/mol. The van der Waals surface area contributed by atoms with Crippen molar-refractivity contribution in [1.82, 2.24) is 4.90 Å². The summed E-state index contributed by atoms with van der Waals surface area (Å²) in [6.45, 7) is 2.30. The second-order valence-corrected chi connectivity index (χ2v) is 6.95. The zero-order valence-electron chi connectivity index (χ0n) is 15.8. The van der Waals surface area contributed by atoms with Crippen molar-refractivity contribution in [1.29, 1.82) is 0 Å². The SMILES string of the molecule is CC(=O)CCc1ccc(OCC(=O)N2CCc3cccc(C(=O)O)c3C2)cc1. The van der Waals surface area contributed by atoms with Crippen LogP contribution in [0.4, 0.5) is 0 Å². The van der Waals surface area contributed by atoms with Gasteiger partial charge in [0, 0.05) is 19.5 Å². The van der Waals surface area contributed by atoms with E-state index >= 15 is 0 Å². The van der Waals surface area contributed by atoms with Crippen LogP contribution >= 0.6 is 0 Å². The molecular weight excluding hydrogens is 358 g/mol. The summed E-state index contributed by atoms with van der Waals surface area (Å²) in [5.41, 5.74) is 2.97. The van der Waals surface area contributed by atoms with Gasteiger partial charge in [0.2, 0.25) is 0 Å². The highest BCUT2D eigenvalue weighted by Crippen LogP contribution is 2.23. The summed E-state index contributed by atoms with van der Waals surface area (Å²) in [5, 5.41) is 9.36. The molecule has 0 aliphatic carbocycles. The minimum Gasteiger partial charge on any atom is -0.484 e. The molecule has 0 radical (unpaired) electrons. The Morgan fingerprint density at radius 1 is 1.11 bits per heavy atom. The van der Waals surface area contributed by atoms with E-state index in [0.29, 0.717) is 37.1 Å². The van der Waals surface area contributed by atoms with Crippen LogP contribution in [0.5, 0.6) is 5.75 Å². The predicted molar refractivity (Wildman–Crippen MR) is 103 cm³/mol. The highest BCUT2D eigenvalue weighted by atomic mass is 16.5. The van der Waals surface area contributed by atoms with Crippen LogP contribution in [0.1, 0.15) is 40.4 Å². The van der Waals surface area contributed by atoms with Crippen molar-refractivity contribution in [3.8, 4) is 5.75 Å². The van der Waals surface area contributed by atoms with Crippen LogP contribution in [0.2, 0.25) is 0 Å². The number of benzene rings is 2. The van der Waals surface area contributed by atoms with Crippen molar-refractivity contribution in [2.24, 2.45) is 0 Å². The maximum atomic E-state index is 12.5. The molecule has 0 fully saturated rings. The van der Waals surface area contributed by atoms with E-state index in [4.69, 9.17) is 4.74 Å². The summed E-state index contributed by atoms with van der Waals surface area (Å²) >= 11 is 0. The molecule has 1 aliphatic rings. The lowest BCUT2D eigenvalue weighted by atomic mass is 9.95. The highest BCUT2D eigenvalue weighted by molar-refractivity contribution is 5.90. The van der Waals surface area contributed by atoms with Crippen molar-refractivity contribution in [3.05, 3.63) is 64.7 Å². The largest absolute Gasteiger partial charge is 0.484 e. The Morgan fingerprint density at radius 3 is 2.54 bits per heavy atom. The van der Waals surface area contributed by atoms with Crippen LogP contribution in [0.15, 0.2) is 42.5 Å². The van der Waals surface area contributed by atoms with Gasteiger partial charge in [-0.3, -0.25) is 4.79 Å². The molecule has 6 heteroatoms. The number of hydrogen-bond donors (Lipinski definition) is 1. The zero-order valence-corrected chi connectivity index (χ0v) is 15.8. The molecule has 1 heterocycles. The van der Waals surface area contributed by atoms with E-state index in [-0.39, 0.29) is 30.4 Å². The first-order valence-corrected chi connectivity index (χ1v) is 9.27. The number of carboxylic acid groups (broad SMARTS) is 1. The average Bonchev–Trinajstić information content (AvgIpc) is 2.70. The van der Waals surface area contributed by atoms with Gasteiger partial charge in [0.05, 0.1) is 5.56 Å². The number of rotatable bonds is 7.